The van der Waals surface area contributed by atoms with E-state index in [4.69, 9.17) is 0 Å². The largest absolute Gasteiger partial charge is 0.344 e. The van der Waals surface area contributed by atoms with E-state index in [1.54, 1.807) is 4.90 Å². The van der Waals surface area contributed by atoms with Crippen LogP contribution in [0.5, 0.6) is 0 Å². The van der Waals surface area contributed by atoms with Gasteiger partial charge in [0.05, 0.1) is 12.6 Å². The third kappa shape index (κ3) is 6.54. The minimum absolute atomic E-state index is 0.00511. The molecular formula is C26H37N3O+2. The van der Waals surface area contributed by atoms with E-state index < -0.39 is 0 Å². The van der Waals surface area contributed by atoms with Gasteiger partial charge in [-0.3, -0.25) is 4.79 Å². The molecule has 1 aliphatic heterocycles. The summed E-state index contributed by atoms with van der Waals surface area (Å²) in [6.07, 6.45) is 6.52. The molecule has 4 nitrogen and oxygen atoms in total. The average Bonchev–Trinajstić information content (AvgIpc) is 2.80. The van der Waals surface area contributed by atoms with Crippen molar-refractivity contribution in [2.45, 2.75) is 38.8 Å². The summed E-state index contributed by atoms with van der Waals surface area (Å²) >= 11 is 0. The first-order chi connectivity index (χ1) is 14.7. The van der Waals surface area contributed by atoms with E-state index in [9.17, 15) is 4.79 Å². The van der Waals surface area contributed by atoms with Crippen molar-refractivity contribution in [1.29, 1.82) is 0 Å². The molecule has 1 amide bonds. The molecule has 1 fully saturated rings. The van der Waals surface area contributed by atoms with E-state index in [1.165, 1.54) is 16.0 Å². The molecule has 1 heterocycles. The van der Waals surface area contributed by atoms with Crippen LogP contribution in [0.1, 0.15) is 43.9 Å². The summed E-state index contributed by atoms with van der Waals surface area (Å²) in [6, 6.07) is 20.9. The summed E-state index contributed by atoms with van der Waals surface area (Å²) < 4.78 is 0. The predicted molar refractivity (Wildman–Crippen MR) is 123 cm³/mol. The Labute approximate surface area is 181 Å². The first-order valence-electron chi connectivity index (χ1n) is 11.4. The Hall–Kier alpha value is -2.43. The lowest BCUT2D eigenvalue weighted by Crippen LogP contribution is -3.30. The highest BCUT2D eigenvalue weighted by Gasteiger charge is 2.31. The van der Waals surface area contributed by atoms with Crippen LogP contribution in [-0.4, -0.2) is 44.7 Å². The summed E-state index contributed by atoms with van der Waals surface area (Å²) in [6.45, 7) is 9.63. The van der Waals surface area contributed by atoms with Crippen LogP contribution in [0.3, 0.4) is 0 Å². The van der Waals surface area contributed by atoms with Crippen molar-refractivity contribution in [1.82, 2.24) is 5.32 Å². The third-order valence-electron chi connectivity index (χ3n) is 6.22. The lowest BCUT2D eigenvalue weighted by Gasteiger charge is -2.33. The fraction of sp³-hybridized carbons (Fsp3) is 0.423. The Morgan fingerprint density at radius 1 is 1.00 bits per heavy atom. The molecule has 2 aromatic rings. The molecule has 1 saturated heterocycles. The second-order valence-electron chi connectivity index (χ2n) is 8.41. The predicted octanol–water partition coefficient (Wildman–Crippen LogP) is 1.53. The van der Waals surface area contributed by atoms with Gasteiger partial charge >= 0.3 is 0 Å². The SMILES string of the molecule is CCC[C@H](NC(=O)[C@H](C)[NH+]1CC[NH+](C/C=C/c2ccccc2)CC1)c1ccccc1. The smallest absolute Gasteiger partial charge is 0.278 e. The van der Waals surface area contributed by atoms with Crippen molar-refractivity contribution in [2.75, 3.05) is 32.7 Å². The minimum atomic E-state index is -0.00511. The monoisotopic (exact) mass is 407 g/mol. The molecule has 160 valence electrons. The number of rotatable bonds is 9. The van der Waals surface area contributed by atoms with Crippen molar-refractivity contribution < 1.29 is 14.6 Å². The summed E-state index contributed by atoms with van der Waals surface area (Å²) in [4.78, 5) is 16.0. The fourth-order valence-corrected chi connectivity index (χ4v) is 4.27. The van der Waals surface area contributed by atoms with Gasteiger partial charge in [-0.05, 0) is 30.5 Å². The van der Waals surface area contributed by atoms with E-state index in [0.717, 1.165) is 45.6 Å². The number of hydrogen-bond donors (Lipinski definition) is 3. The standard InChI is InChI=1S/C26H35N3O/c1-3-11-25(24-15-8-5-9-16-24)27-26(30)22(2)29-20-18-28(19-21-29)17-10-14-23-12-6-4-7-13-23/h4-10,12-16,22,25H,3,11,17-21H2,1-2H3,(H,27,30)/p+2/b14-10+/t22-,25-/m0/s1. The Morgan fingerprint density at radius 2 is 1.63 bits per heavy atom. The zero-order chi connectivity index (χ0) is 21.2. The number of quaternary nitrogens is 2. The molecule has 3 N–H and O–H groups in total. The molecule has 0 aliphatic carbocycles. The molecule has 0 radical (unpaired) electrons. The maximum Gasteiger partial charge on any atom is 0.278 e. The summed E-state index contributed by atoms with van der Waals surface area (Å²) in [5, 5.41) is 3.32. The number of piperazine rings is 1. The Morgan fingerprint density at radius 3 is 2.27 bits per heavy atom. The quantitative estimate of drug-likeness (QED) is 0.580. The Bertz CT molecular complexity index is 782. The van der Waals surface area contributed by atoms with Crippen LogP contribution in [-0.2, 0) is 4.79 Å². The van der Waals surface area contributed by atoms with Gasteiger partial charge in [-0.2, -0.15) is 0 Å². The molecule has 4 heteroatoms. The summed E-state index contributed by atoms with van der Waals surface area (Å²) in [7, 11) is 0. The van der Waals surface area contributed by atoms with Crippen molar-refractivity contribution in [3.63, 3.8) is 0 Å². The van der Waals surface area contributed by atoms with Crippen LogP contribution in [0.4, 0.5) is 0 Å². The molecule has 2 aromatic carbocycles. The zero-order valence-corrected chi connectivity index (χ0v) is 18.4. The summed E-state index contributed by atoms with van der Waals surface area (Å²) in [5.74, 6) is 0.180. The normalized spacial score (nSPS) is 21.3. The number of amides is 1. The maximum atomic E-state index is 13.0. The molecule has 0 aromatic heterocycles. The number of carbonyl (C=O) groups excluding carboxylic acids is 1. The second-order valence-corrected chi connectivity index (χ2v) is 8.41. The van der Waals surface area contributed by atoms with Gasteiger partial charge < -0.3 is 15.1 Å². The van der Waals surface area contributed by atoms with Crippen molar-refractivity contribution in [2.24, 2.45) is 0 Å². The van der Waals surface area contributed by atoms with Crippen LogP contribution >= 0.6 is 0 Å². The number of benzene rings is 2. The molecule has 2 atom stereocenters. The van der Waals surface area contributed by atoms with Gasteiger partial charge in [-0.15, -0.1) is 0 Å². The van der Waals surface area contributed by atoms with Crippen LogP contribution in [0, 0.1) is 0 Å². The molecule has 1 aliphatic rings. The molecule has 0 saturated carbocycles. The molecule has 3 rings (SSSR count). The first-order valence-corrected chi connectivity index (χ1v) is 11.4. The highest BCUT2D eigenvalue weighted by Crippen LogP contribution is 2.18. The van der Waals surface area contributed by atoms with Crippen molar-refractivity contribution >= 4 is 12.0 Å². The lowest BCUT2D eigenvalue weighted by molar-refractivity contribution is -1.02. The molecule has 30 heavy (non-hydrogen) atoms. The van der Waals surface area contributed by atoms with E-state index in [2.05, 4.69) is 67.7 Å². The van der Waals surface area contributed by atoms with E-state index in [1.807, 2.05) is 24.3 Å². The van der Waals surface area contributed by atoms with Gasteiger partial charge in [-0.1, -0.05) is 80.1 Å². The fourth-order valence-electron chi connectivity index (χ4n) is 4.27. The van der Waals surface area contributed by atoms with Gasteiger partial charge in [0.25, 0.3) is 5.91 Å². The lowest BCUT2D eigenvalue weighted by atomic mass is 10.0. The first kappa shape index (κ1) is 22.3. The number of hydrogen-bond acceptors (Lipinski definition) is 1. The third-order valence-corrected chi connectivity index (χ3v) is 6.22. The van der Waals surface area contributed by atoms with Crippen LogP contribution in [0.25, 0.3) is 6.08 Å². The number of carbonyl (C=O) groups is 1. The molecule has 0 unspecified atom stereocenters. The average molecular weight is 408 g/mol. The topological polar surface area (TPSA) is 38.0 Å². The van der Waals surface area contributed by atoms with Gasteiger partial charge in [0.15, 0.2) is 6.04 Å². The zero-order valence-electron chi connectivity index (χ0n) is 18.4. The van der Waals surface area contributed by atoms with Gasteiger partial charge in [0.1, 0.15) is 26.2 Å². The van der Waals surface area contributed by atoms with Crippen LogP contribution in [0.15, 0.2) is 66.7 Å². The molecular weight excluding hydrogens is 370 g/mol. The minimum Gasteiger partial charge on any atom is -0.344 e. The Balaban J connectivity index is 1.46. The second kappa shape index (κ2) is 11.7. The summed E-state index contributed by atoms with van der Waals surface area (Å²) in [5.41, 5.74) is 2.46. The van der Waals surface area contributed by atoms with Gasteiger partial charge in [0, 0.05) is 0 Å². The van der Waals surface area contributed by atoms with E-state index >= 15 is 0 Å². The maximum absolute atomic E-state index is 13.0. The van der Waals surface area contributed by atoms with Gasteiger partial charge in [0.2, 0.25) is 0 Å². The Kier molecular flexibility index (Phi) is 8.66. The van der Waals surface area contributed by atoms with Crippen LogP contribution < -0.4 is 15.1 Å². The highest BCUT2D eigenvalue weighted by atomic mass is 16.2. The highest BCUT2D eigenvalue weighted by molar-refractivity contribution is 5.80. The van der Waals surface area contributed by atoms with Crippen molar-refractivity contribution in [3.8, 4) is 0 Å². The van der Waals surface area contributed by atoms with Gasteiger partial charge in [-0.25, -0.2) is 0 Å². The van der Waals surface area contributed by atoms with E-state index in [0.29, 0.717) is 0 Å². The van der Waals surface area contributed by atoms with Crippen molar-refractivity contribution in [3.05, 3.63) is 77.9 Å². The number of nitrogens with one attached hydrogen (secondary N) is 3. The molecule has 0 spiro atoms. The molecule has 0 bridgehead atoms. The van der Waals surface area contributed by atoms with E-state index in [-0.39, 0.29) is 18.0 Å². The van der Waals surface area contributed by atoms with Crippen LogP contribution in [0.2, 0.25) is 0 Å².